The Morgan fingerprint density at radius 3 is 2.59 bits per heavy atom. The van der Waals surface area contributed by atoms with Crippen LogP contribution in [0.25, 0.3) is 0 Å². The molecule has 0 radical (unpaired) electrons. The highest BCUT2D eigenvalue weighted by atomic mass is 19.1. The maximum atomic E-state index is 13.8. The molecule has 1 heterocycles. The standard InChI is InChI=1S/C14H20FNO/c1-9-8-17-14(11(3)16-10(9)2)12-6-4-5-7-13(12)15/h4-7,9-11,14,16H,8H2,1-3H3. The summed E-state index contributed by atoms with van der Waals surface area (Å²) in [7, 11) is 0. The topological polar surface area (TPSA) is 21.3 Å². The van der Waals surface area contributed by atoms with Crippen LogP contribution in [0.1, 0.15) is 32.4 Å². The van der Waals surface area contributed by atoms with Gasteiger partial charge in [-0.05, 0) is 25.8 Å². The molecule has 1 aliphatic heterocycles. The molecule has 0 spiro atoms. The summed E-state index contributed by atoms with van der Waals surface area (Å²) in [6.07, 6.45) is -0.205. The van der Waals surface area contributed by atoms with Crippen molar-refractivity contribution in [3.8, 4) is 0 Å². The fourth-order valence-corrected chi connectivity index (χ4v) is 2.28. The Kier molecular flexibility index (Phi) is 3.79. The van der Waals surface area contributed by atoms with E-state index in [0.717, 1.165) is 0 Å². The molecule has 1 N–H and O–H groups in total. The predicted octanol–water partition coefficient (Wildman–Crippen LogP) is 2.90. The summed E-state index contributed by atoms with van der Waals surface area (Å²) in [4.78, 5) is 0. The Balaban J connectivity index is 2.23. The van der Waals surface area contributed by atoms with Gasteiger partial charge in [0.25, 0.3) is 0 Å². The molecule has 0 aromatic heterocycles. The van der Waals surface area contributed by atoms with Crippen LogP contribution in [-0.4, -0.2) is 18.7 Å². The van der Waals surface area contributed by atoms with Crippen LogP contribution in [0, 0.1) is 11.7 Å². The highest BCUT2D eigenvalue weighted by molar-refractivity contribution is 5.21. The molecule has 4 unspecified atom stereocenters. The Morgan fingerprint density at radius 1 is 1.18 bits per heavy atom. The third-order valence-corrected chi connectivity index (χ3v) is 3.58. The first-order valence-electron chi connectivity index (χ1n) is 6.21. The van der Waals surface area contributed by atoms with Crippen LogP contribution in [0.5, 0.6) is 0 Å². The Bertz CT molecular complexity index is 382. The number of ether oxygens (including phenoxy) is 1. The Hall–Kier alpha value is -0.930. The summed E-state index contributed by atoms with van der Waals surface area (Å²) in [6, 6.07) is 7.36. The molecule has 17 heavy (non-hydrogen) atoms. The summed E-state index contributed by atoms with van der Waals surface area (Å²) in [5.41, 5.74) is 0.647. The van der Waals surface area contributed by atoms with Gasteiger partial charge in [-0.1, -0.05) is 25.1 Å². The SMILES string of the molecule is CC1COC(c2ccccc2F)C(C)NC1C. The van der Waals surface area contributed by atoms with Crippen LogP contribution >= 0.6 is 0 Å². The van der Waals surface area contributed by atoms with E-state index in [1.807, 2.05) is 13.0 Å². The lowest BCUT2D eigenvalue weighted by Crippen LogP contribution is -2.39. The van der Waals surface area contributed by atoms with Crippen molar-refractivity contribution in [2.75, 3.05) is 6.61 Å². The molecule has 0 bridgehead atoms. The number of rotatable bonds is 1. The van der Waals surface area contributed by atoms with E-state index < -0.39 is 0 Å². The fraction of sp³-hybridized carbons (Fsp3) is 0.571. The zero-order valence-electron chi connectivity index (χ0n) is 10.6. The van der Waals surface area contributed by atoms with E-state index in [2.05, 4.69) is 19.2 Å². The third-order valence-electron chi connectivity index (χ3n) is 3.58. The molecular weight excluding hydrogens is 217 g/mol. The van der Waals surface area contributed by atoms with Crippen LogP contribution in [0.15, 0.2) is 24.3 Å². The second kappa shape index (κ2) is 5.15. The lowest BCUT2D eigenvalue weighted by atomic mass is 10.0. The number of halogens is 1. The second-order valence-corrected chi connectivity index (χ2v) is 5.00. The molecule has 1 fully saturated rings. The van der Waals surface area contributed by atoms with Crippen LogP contribution in [0.2, 0.25) is 0 Å². The first-order chi connectivity index (χ1) is 8.09. The third kappa shape index (κ3) is 2.67. The van der Waals surface area contributed by atoms with Crippen molar-refractivity contribution in [2.45, 2.75) is 39.0 Å². The first kappa shape index (κ1) is 12.5. The lowest BCUT2D eigenvalue weighted by Gasteiger charge is -2.24. The quantitative estimate of drug-likeness (QED) is 0.811. The molecule has 3 heteroatoms. The van der Waals surface area contributed by atoms with Gasteiger partial charge in [0.1, 0.15) is 11.9 Å². The van der Waals surface area contributed by atoms with Gasteiger partial charge >= 0.3 is 0 Å². The molecule has 2 nitrogen and oxygen atoms in total. The fourth-order valence-electron chi connectivity index (χ4n) is 2.28. The zero-order valence-corrected chi connectivity index (χ0v) is 10.6. The van der Waals surface area contributed by atoms with Crippen LogP contribution in [0.4, 0.5) is 4.39 Å². The first-order valence-corrected chi connectivity index (χ1v) is 6.21. The Morgan fingerprint density at radius 2 is 1.88 bits per heavy atom. The van der Waals surface area contributed by atoms with Crippen LogP contribution < -0.4 is 5.32 Å². The van der Waals surface area contributed by atoms with E-state index in [0.29, 0.717) is 24.1 Å². The lowest BCUT2D eigenvalue weighted by molar-refractivity contribution is 0.0307. The number of nitrogens with one attached hydrogen (secondary N) is 1. The molecule has 1 saturated heterocycles. The Labute approximate surface area is 102 Å². The van der Waals surface area contributed by atoms with Gasteiger partial charge < -0.3 is 10.1 Å². The summed E-state index contributed by atoms with van der Waals surface area (Å²) in [5.74, 6) is 0.252. The largest absolute Gasteiger partial charge is 0.371 e. The predicted molar refractivity (Wildman–Crippen MR) is 66.3 cm³/mol. The number of benzene rings is 1. The van der Waals surface area contributed by atoms with E-state index in [9.17, 15) is 4.39 Å². The summed E-state index contributed by atoms with van der Waals surface area (Å²) >= 11 is 0. The molecule has 0 saturated carbocycles. The summed E-state index contributed by atoms with van der Waals surface area (Å²) in [5, 5.41) is 3.48. The molecule has 94 valence electrons. The molecular formula is C14H20FNO. The van der Waals surface area contributed by atoms with Crippen molar-refractivity contribution in [2.24, 2.45) is 5.92 Å². The highest BCUT2D eigenvalue weighted by Crippen LogP contribution is 2.28. The van der Waals surface area contributed by atoms with Crippen molar-refractivity contribution in [1.29, 1.82) is 0 Å². The summed E-state index contributed by atoms with van der Waals surface area (Å²) in [6.45, 7) is 7.01. The van der Waals surface area contributed by atoms with Gasteiger partial charge in [-0.15, -0.1) is 0 Å². The van der Waals surface area contributed by atoms with Gasteiger partial charge in [0.15, 0.2) is 0 Å². The molecule has 2 rings (SSSR count). The molecule has 1 aromatic carbocycles. The molecule has 0 amide bonds. The number of hydrogen-bond acceptors (Lipinski definition) is 2. The van der Waals surface area contributed by atoms with E-state index in [-0.39, 0.29) is 18.0 Å². The van der Waals surface area contributed by atoms with Gasteiger partial charge in [-0.3, -0.25) is 0 Å². The van der Waals surface area contributed by atoms with E-state index >= 15 is 0 Å². The minimum Gasteiger partial charge on any atom is -0.371 e. The summed E-state index contributed by atoms with van der Waals surface area (Å²) < 4.78 is 19.6. The van der Waals surface area contributed by atoms with Crippen molar-refractivity contribution < 1.29 is 9.13 Å². The van der Waals surface area contributed by atoms with E-state index in [1.165, 1.54) is 6.07 Å². The maximum absolute atomic E-state index is 13.8. The van der Waals surface area contributed by atoms with Gasteiger partial charge in [0, 0.05) is 17.6 Å². The van der Waals surface area contributed by atoms with E-state index in [4.69, 9.17) is 4.74 Å². The monoisotopic (exact) mass is 237 g/mol. The number of hydrogen-bond donors (Lipinski definition) is 1. The van der Waals surface area contributed by atoms with Gasteiger partial charge in [0.05, 0.1) is 6.61 Å². The van der Waals surface area contributed by atoms with Gasteiger partial charge in [0.2, 0.25) is 0 Å². The van der Waals surface area contributed by atoms with Crippen molar-refractivity contribution in [3.63, 3.8) is 0 Å². The van der Waals surface area contributed by atoms with Gasteiger partial charge in [-0.25, -0.2) is 4.39 Å². The second-order valence-electron chi connectivity index (χ2n) is 5.00. The smallest absolute Gasteiger partial charge is 0.129 e. The van der Waals surface area contributed by atoms with Crippen molar-refractivity contribution in [3.05, 3.63) is 35.6 Å². The molecule has 4 atom stereocenters. The zero-order chi connectivity index (χ0) is 12.4. The van der Waals surface area contributed by atoms with Crippen LogP contribution in [-0.2, 0) is 4.74 Å². The molecule has 0 aliphatic carbocycles. The minimum atomic E-state index is -0.205. The van der Waals surface area contributed by atoms with E-state index in [1.54, 1.807) is 12.1 Å². The van der Waals surface area contributed by atoms with Crippen molar-refractivity contribution in [1.82, 2.24) is 5.32 Å². The maximum Gasteiger partial charge on any atom is 0.129 e. The highest BCUT2D eigenvalue weighted by Gasteiger charge is 2.29. The van der Waals surface area contributed by atoms with Crippen LogP contribution in [0.3, 0.4) is 0 Å². The van der Waals surface area contributed by atoms with Crippen molar-refractivity contribution >= 4 is 0 Å². The normalized spacial score (nSPS) is 34.4. The molecule has 1 aromatic rings. The average molecular weight is 237 g/mol. The van der Waals surface area contributed by atoms with Gasteiger partial charge in [-0.2, -0.15) is 0 Å². The average Bonchev–Trinajstić information content (AvgIpc) is 2.41. The molecule has 1 aliphatic rings. The minimum absolute atomic E-state index is 0.117.